The van der Waals surface area contributed by atoms with Gasteiger partial charge in [-0.05, 0) is 36.4 Å². The third-order valence-electron chi connectivity index (χ3n) is 2.38. The normalized spacial score (nSPS) is 10.4. The Labute approximate surface area is 124 Å². The lowest BCUT2D eigenvalue weighted by Crippen LogP contribution is -2.01. The second-order valence-corrected chi connectivity index (χ2v) is 5.69. The molecular weight excluding hydrogens is 305 g/mol. The average Bonchev–Trinajstić information content (AvgIpc) is 2.36. The molecule has 19 heavy (non-hydrogen) atoms. The molecule has 0 aromatic heterocycles. The van der Waals surface area contributed by atoms with Crippen LogP contribution < -0.4 is 5.73 Å². The summed E-state index contributed by atoms with van der Waals surface area (Å²) in [5.41, 5.74) is 5.93. The van der Waals surface area contributed by atoms with Gasteiger partial charge in [0.2, 0.25) is 0 Å². The van der Waals surface area contributed by atoms with Crippen LogP contribution in [0.25, 0.3) is 0 Å². The zero-order chi connectivity index (χ0) is 14.0. The van der Waals surface area contributed by atoms with Gasteiger partial charge in [0.05, 0.1) is 15.6 Å². The van der Waals surface area contributed by atoms with Gasteiger partial charge in [-0.25, -0.2) is 4.79 Å². The van der Waals surface area contributed by atoms with E-state index in [1.54, 1.807) is 24.3 Å². The van der Waals surface area contributed by atoms with E-state index in [1.807, 2.05) is 6.07 Å². The number of nitrogen functional groups attached to an aromatic ring is 1. The van der Waals surface area contributed by atoms with Gasteiger partial charge in [-0.2, -0.15) is 0 Å². The molecule has 0 radical (unpaired) electrons. The molecule has 0 aliphatic heterocycles. The van der Waals surface area contributed by atoms with E-state index in [2.05, 4.69) is 0 Å². The summed E-state index contributed by atoms with van der Waals surface area (Å²) in [6.07, 6.45) is 0. The molecule has 98 valence electrons. The first-order chi connectivity index (χ1) is 8.97. The Hall–Kier alpha value is -1.36. The smallest absolute Gasteiger partial charge is 0.337 e. The van der Waals surface area contributed by atoms with E-state index < -0.39 is 5.97 Å². The monoisotopic (exact) mass is 313 g/mol. The van der Waals surface area contributed by atoms with Gasteiger partial charge in [0.15, 0.2) is 0 Å². The van der Waals surface area contributed by atoms with E-state index in [9.17, 15) is 4.79 Å². The van der Waals surface area contributed by atoms with Crippen molar-refractivity contribution in [3.63, 3.8) is 0 Å². The fourth-order valence-electron chi connectivity index (χ4n) is 1.46. The Morgan fingerprint density at radius 1 is 1.05 bits per heavy atom. The van der Waals surface area contributed by atoms with E-state index >= 15 is 0 Å². The third-order valence-corrected chi connectivity index (χ3v) is 4.10. The van der Waals surface area contributed by atoms with E-state index in [0.29, 0.717) is 10.0 Å². The average molecular weight is 314 g/mol. The van der Waals surface area contributed by atoms with Crippen LogP contribution >= 0.6 is 35.0 Å². The Kier molecular flexibility index (Phi) is 4.24. The van der Waals surface area contributed by atoms with Gasteiger partial charge < -0.3 is 10.8 Å². The molecule has 0 heterocycles. The molecule has 2 aromatic carbocycles. The van der Waals surface area contributed by atoms with Crippen molar-refractivity contribution in [2.24, 2.45) is 0 Å². The zero-order valence-corrected chi connectivity index (χ0v) is 11.9. The number of benzene rings is 2. The van der Waals surface area contributed by atoms with Crippen LogP contribution in [0.15, 0.2) is 46.2 Å². The zero-order valence-electron chi connectivity index (χ0n) is 9.56. The summed E-state index contributed by atoms with van der Waals surface area (Å²) in [6, 6.07) is 10.1. The minimum Gasteiger partial charge on any atom is -0.478 e. The first-order valence-electron chi connectivity index (χ1n) is 5.23. The summed E-state index contributed by atoms with van der Waals surface area (Å²) in [5, 5.41) is 9.95. The van der Waals surface area contributed by atoms with Crippen molar-refractivity contribution in [2.45, 2.75) is 9.79 Å². The Morgan fingerprint density at radius 3 is 2.32 bits per heavy atom. The fraction of sp³-hybridized carbons (Fsp3) is 0. The van der Waals surface area contributed by atoms with Crippen LogP contribution in [0.1, 0.15) is 10.4 Å². The van der Waals surface area contributed by atoms with Crippen molar-refractivity contribution >= 4 is 46.6 Å². The topological polar surface area (TPSA) is 63.3 Å². The molecular formula is C13H9Cl2NO2S. The van der Waals surface area contributed by atoms with Crippen LogP contribution in [0.5, 0.6) is 0 Å². The molecule has 0 aliphatic rings. The molecule has 0 bridgehead atoms. The molecule has 6 heteroatoms. The molecule has 0 saturated heterocycles. The van der Waals surface area contributed by atoms with Gasteiger partial charge in [0, 0.05) is 15.5 Å². The summed E-state index contributed by atoms with van der Waals surface area (Å²) < 4.78 is 0. The standard InChI is InChI=1S/C13H9Cl2NO2S/c14-10-3-1-8(6-11(10)15)19-7-2-4-12(16)9(5-7)13(17)18/h1-6H,16H2,(H,17,18). The lowest BCUT2D eigenvalue weighted by molar-refractivity contribution is 0.0698. The van der Waals surface area contributed by atoms with Crippen LogP contribution in [0.3, 0.4) is 0 Å². The van der Waals surface area contributed by atoms with Crippen molar-refractivity contribution < 1.29 is 9.90 Å². The van der Waals surface area contributed by atoms with Gasteiger partial charge in [-0.3, -0.25) is 0 Å². The molecule has 0 unspecified atom stereocenters. The quantitative estimate of drug-likeness (QED) is 0.823. The Bertz CT molecular complexity index is 647. The van der Waals surface area contributed by atoms with Crippen LogP contribution in [0.2, 0.25) is 10.0 Å². The van der Waals surface area contributed by atoms with E-state index in [-0.39, 0.29) is 11.3 Å². The maximum atomic E-state index is 11.0. The molecule has 0 amide bonds. The number of rotatable bonds is 3. The molecule has 2 aromatic rings. The van der Waals surface area contributed by atoms with Crippen molar-refractivity contribution in [3.8, 4) is 0 Å². The highest BCUT2D eigenvalue weighted by molar-refractivity contribution is 7.99. The third kappa shape index (κ3) is 3.35. The molecule has 0 atom stereocenters. The van der Waals surface area contributed by atoms with Crippen LogP contribution in [-0.4, -0.2) is 11.1 Å². The van der Waals surface area contributed by atoms with Gasteiger partial charge in [-0.15, -0.1) is 0 Å². The fourth-order valence-corrected chi connectivity index (χ4v) is 2.72. The van der Waals surface area contributed by atoms with Crippen molar-refractivity contribution in [1.29, 1.82) is 0 Å². The second-order valence-electron chi connectivity index (χ2n) is 3.73. The van der Waals surface area contributed by atoms with Crippen LogP contribution in [-0.2, 0) is 0 Å². The highest BCUT2D eigenvalue weighted by Gasteiger charge is 2.09. The van der Waals surface area contributed by atoms with Gasteiger partial charge in [0.1, 0.15) is 0 Å². The molecule has 2 rings (SSSR count). The van der Waals surface area contributed by atoms with Crippen LogP contribution in [0, 0.1) is 0 Å². The molecule has 3 N–H and O–H groups in total. The van der Waals surface area contributed by atoms with E-state index in [0.717, 1.165) is 9.79 Å². The Balaban J connectivity index is 2.30. The summed E-state index contributed by atoms with van der Waals surface area (Å²) in [5.74, 6) is -1.05. The predicted octanol–water partition coefficient (Wildman–Crippen LogP) is 4.43. The minimum atomic E-state index is -1.05. The number of nitrogens with two attached hydrogens (primary N) is 1. The molecule has 0 spiro atoms. The number of carbonyl (C=O) groups is 1. The highest BCUT2D eigenvalue weighted by atomic mass is 35.5. The second kappa shape index (κ2) is 5.74. The minimum absolute atomic E-state index is 0.0880. The molecule has 0 fully saturated rings. The first kappa shape index (κ1) is 14.1. The molecule has 3 nitrogen and oxygen atoms in total. The number of carboxylic acid groups (broad SMARTS) is 1. The lowest BCUT2D eigenvalue weighted by Gasteiger charge is -2.06. The largest absolute Gasteiger partial charge is 0.478 e. The van der Waals surface area contributed by atoms with Gasteiger partial charge >= 0.3 is 5.97 Å². The summed E-state index contributed by atoms with van der Waals surface area (Å²) in [6.45, 7) is 0. The number of hydrogen-bond donors (Lipinski definition) is 2. The van der Waals surface area contributed by atoms with E-state index in [1.165, 1.54) is 17.8 Å². The summed E-state index contributed by atoms with van der Waals surface area (Å²) in [7, 11) is 0. The van der Waals surface area contributed by atoms with Crippen molar-refractivity contribution in [3.05, 3.63) is 52.0 Å². The number of halogens is 2. The molecule has 0 aliphatic carbocycles. The number of hydrogen-bond acceptors (Lipinski definition) is 3. The molecule has 0 saturated carbocycles. The van der Waals surface area contributed by atoms with Crippen molar-refractivity contribution in [2.75, 3.05) is 5.73 Å². The SMILES string of the molecule is Nc1ccc(Sc2ccc(Cl)c(Cl)c2)cc1C(=O)O. The predicted molar refractivity (Wildman–Crippen MR) is 78.4 cm³/mol. The number of carboxylic acids is 1. The summed E-state index contributed by atoms with van der Waals surface area (Å²) >= 11 is 13.2. The van der Waals surface area contributed by atoms with Crippen LogP contribution in [0.4, 0.5) is 5.69 Å². The van der Waals surface area contributed by atoms with Crippen molar-refractivity contribution in [1.82, 2.24) is 0 Å². The maximum Gasteiger partial charge on any atom is 0.337 e. The maximum absolute atomic E-state index is 11.0. The number of aromatic carboxylic acids is 1. The summed E-state index contributed by atoms with van der Waals surface area (Å²) in [4.78, 5) is 12.6. The first-order valence-corrected chi connectivity index (χ1v) is 6.80. The van der Waals surface area contributed by atoms with Gasteiger partial charge in [-0.1, -0.05) is 35.0 Å². The Morgan fingerprint density at radius 2 is 1.68 bits per heavy atom. The van der Waals surface area contributed by atoms with Gasteiger partial charge in [0.25, 0.3) is 0 Å². The number of anilines is 1. The highest BCUT2D eigenvalue weighted by Crippen LogP contribution is 2.33. The lowest BCUT2D eigenvalue weighted by atomic mass is 10.2. The van der Waals surface area contributed by atoms with E-state index in [4.69, 9.17) is 34.0 Å².